The molecule has 0 aromatic heterocycles. The van der Waals surface area contributed by atoms with Gasteiger partial charge in [-0.2, -0.15) is 0 Å². The number of benzene rings is 1. The lowest BCUT2D eigenvalue weighted by atomic mass is 9.78. The van der Waals surface area contributed by atoms with Crippen molar-refractivity contribution < 1.29 is 4.79 Å². The van der Waals surface area contributed by atoms with Gasteiger partial charge >= 0.3 is 0 Å². The molecule has 0 bridgehead atoms. The minimum atomic E-state index is 0.0369. The normalized spacial score (nSPS) is 26.7. The van der Waals surface area contributed by atoms with Gasteiger partial charge in [0.15, 0.2) is 0 Å². The summed E-state index contributed by atoms with van der Waals surface area (Å²) in [6.07, 6.45) is 2.78. The van der Waals surface area contributed by atoms with Crippen LogP contribution in [0.4, 0.5) is 0 Å². The van der Waals surface area contributed by atoms with Crippen molar-refractivity contribution in [3.8, 4) is 0 Å². The van der Waals surface area contributed by atoms with Gasteiger partial charge in [0.05, 0.1) is 0 Å². The number of Topliss-reactive ketones (excluding diaryl/α,β-unsaturated/α-hetero) is 1. The lowest BCUT2D eigenvalue weighted by molar-refractivity contribution is -0.123. The molecule has 2 atom stereocenters. The maximum Gasteiger partial charge on any atom is 0.140 e. The Morgan fingerprint density at radius 1 is 1.27 bits per heavy atom. The number of hydrogen-bond acceptors (Lipinski definition) is 1. The first-order valence-corrected chi connectivity index (χ1v) is 5.83. The standard InChI is InChI=1S/C13H15ClO/c1-9-6-7-11(13(15)8-9)10-4-2-3-5-12(10)14/h2-5,9,11H,6-8H2,1H3/t9-,11+/m1/s1. The molecule has 0 amide bonds. The van der Waals surface area contributed by atoms with Crippen LogP contribution in [0.15, 0.2) is 24.3 Å². The summed E-state index contributed by atoms with van der Waals surface area (Å²) in [4.78, 5) is 11.9. The van der Waals surface area contributed by atoms with E-state index in [2.05, 4.69) is 6.92 Å². The molecule has 0 aliphatic heterocycles. The van der Waals surface area contributed by atoms with Crippen molar-refractivity contribution >= 4 is 17.4 Å². The first kappa shape index (κ1) is 10.7. The van der Waals surface area contributed by atoms with Gasteiger partial charge in [-0.3, -0.25) is 4.79 Å². The largest absolute Gasteiger partial charge is 0.299 e. The Balaban J connectivity index is 2.24. The van der Waals surface area contributed by atoms with Crippen molar-refractivity contribution in [3.05, 3.63) is 34.9 Å². The molecule has 1 aliphatic carbocycles. The molecule has 0 spiro atoms. The van der Waals surface area contributed by atoms with Gasteiger partial charge in [-0.15, -0.1) is 0 Å². The zero-order valence-electron chi connectivity index (χ0n) is 8.87. The summed E-state index contributed by atoms with van der Waals surface area (Å²) in [6, 6.07) is 7.69. The van der Waals surface area contributed by atoms with Crippen LogP contribution in [0.5, 0.6) is 0 Å². The molecule has 0 unspecified atom stereocenters. The molecular formula is C13H15ClO. The van der Waals surface area contributed by atoms with Gasteiger partial charge in [-0.05, 0) is 30.4 Å². The van der Waals surface area contributed by atoms with Gasteiger partial charge in [0.1, 0.15) is 5.78 Å². The fraction of sp³-hybridized carbons (Fsp3) is 0.462. The molecule has 1 aliphatic rings. The third-order valence-electron chi connectivity index (χ3n) is 3.17. The maximum atomic E-state index is 11.9. The van der Waals surface area contributed by atoms with E-state index in [1.54, 1.807) is 0 Å². The molecular weight excluding hydrogens is 208 g/mol. The SMILES string of the molecule is C[C@@H]1CC[C@@H](c2ccccc2Cl)C(=O)C1. The number of rotatable bonds is 1. The summed E-state index contributed by atoms with van der Waals surface area (Å²) >= 11 is 6.11. The van der Waals surface area contributed by atoms with Gasteiger partial charge in [-0.1, -0.05) is 36.7 Å². The van der Waals surface area contributed by atoms with Crippen molar-refractivity contribution in [1.82, 2.24) is 0 Å². The Hall–Kier alpha value is -0.820. The third kappa shape index (κ3) is 2.23. The maximum absolute atomic E-state index is 11.9. The van der Waals surface area contributed by atoms with E-state index in [0.29, 0.717) is 18.1 Å². The number of hydrogen-bond donors (Lipinski definition) is 0. The predicted molar refractivity (Wildman–Crippen MR) is 62.2 cm³/mol. The minimum Gasteiger partial charge on any atom is -0.299 e. The molecule has 1 saturated carbocycles. The van der Waals surface area contributed by atoms with Crippen LogP contribution in [0, 0.1) is 5.92 Å². The third-order valence-corrected chi connectivity index (χ3v) is 3.51. The average Bonchev–Trinajstić information content (AvgIpc) is 2.20. The molecule has 0 N–H and O–H groups in total. The first-order chi connectivity index (χ1) is 7.18. The lowest BCUT2D eigenvalue weighted by Gasteiger charge is -2.25. The zero-order valence-corrected chi connectivity index (χ0v) is 9.63. The molecule has 0 saturated heterocycles. The summed E-state index contributed by atoms with van der Waals surface area (Å²) in [6.45, 7) is 2.14. The molecule has 0 radical (unpaired) electrons. The Kier molecular flexibility index (Phi) is 3.11. The molecule has 1 nitrogen and oxygen atoms in total. The van der Waals surface area contributed by atoms with Crippen molar-refractivity contribution in [2.75, 3.05) is 0 Å². The van der Waals surface area contributed by atoms with E-state index in [9.17, 15) is 4.79 Å². The Bertz CT molecular complexity index is 373. The fourth-order valence-electron chi connectivity index (χ4n) is 2.29. The minimum absolute atomic E-state index is 0.0369. The van der Waals surface area contributed by atoms with Crippen molar-refractivity contribution in [3.63, 3.8) is 0 Å². The highest BCUT2D eigenvalue weighted by molar-refractivity contribution is 6.31. The number of ketones is 1. The van der Waals surface area contributed by atoms with E-state index in [1.807, 2.05) is 24.3 Å². The highest BCUT2D eigenvalue weighted by Crippen LogP contribution is 2.35. The molecule has 2 rings (SSSR count). The van der Waals surface area contributed by atoms with Gasteiger partial charge in [-0.25, -0.2) is 0 Å². The van der Waals surface area contributed by atoms with Gasteiger partial charge in [0.25, 0.3) is 0 Å². The van der Waals surface area contributed by atoms with Gasteiger partial charge in [0, 0.05) is 17.4 Å². The summed E-state index contributed by atoms with van der Waals surface area (Å²) in [5.74, 6) is 0.924. The van der Waals surface area contributed by atoms with E-state index < -0.39 is 0 Å². The predicted octanol–water partition coefficient (Wildman–Crippen LogP) is 3.81. The molecule has 15 heavy (non-hydrogen) atoms. The van der Waals surface area contributed by atoms with Crippen molar-refractivity contribution in [2.24, 2.45) is 5.92 Å². The van der Waals surface area contributed by atoms with Crippen molar-refractivity contribution in [2.45, 2.75) is 32.1 Å². The van der Waals surface area contributed by atoms with E-state index in [0.717, 1.165) is 23.4 Å². The number of halogens is 1. The van der Waals surface area contributed by atoms with Crippen LogP contribution in [0.3, 0.4) is 0 Å². The summed E-state index contributed by atoms with van der Waals surface area (Å²) in [5.41, 5.74) is 1.01. The van der Waals surface area contributed by atoms with Crippen LogP contribution in [-0.2, 0) is 4.79 Å². The van der Waals surface area contributed by atoms with Gasteiger partial charge < -0.3 is 0 Å². The quantitative estimate of drug-likeness (QED) is 0.706. The van der Waals surface area contributed by atoms with Crippen LogP contribution in [-0.4, -0.2) is 5.78 Å². The van der Waals surface area contributed by atoms with Crippen LogP contribution in [0.2, 0.25) is 5.02 Å². The number of carbonyl (C=O) groups is 1. The topological polar surface area (TPSA) is 17.1 Å². The van der Waals surface area contributed by atoms with Crippen molar-refractivity contribution in [1.29, 1.82) is 0 Å². The lowest BCUT2D eigenvalue weighted by Crippen LogP contribution is -2.22. The summed E-state index contributed by atoms with van der Waals surface area (Å²) in [5, 5.41) is 0.727. The zero-order chi connectivity index (χ0) is 10.8. The van der Waals surface area contributed by atoms with Gasteiger partial charge in [0.2, 0.25) is 0 Å². The van der Waals surface area contributed by atoms with E-state index in [1.165, 1.54) is 0 Å². The Labute approximate surface area is 95.4 Å². The molecule has 2 heteroatoms. The Morgan fingerprint density at radius 2 is 2.00 bits per heavy atom. The van der Waals surface area contributed by atoms with E-state index in [-0.39, 0.29) is 5.92 Å². The van der Waals surface area contributed by atoms with Crippen LogP contribution in [0.25, 0.3) is 0 Å². The first-order valence-electron chi connectivity index (χ1n) is 5.45. The van der Waals surface area contributed by atoms with Crippen LogP contribution >= 0.6 is 11.6 Å². The molecule has 80 valence electrons. The second-order valence-corrected chi connectivity index (χ2v) is 4.83. The molecule has 0 heterocycles. The molecule has 1 fully saturated rings. The second kappa shape index (κ2) is 4.36. The summed E-state index contributed by atoms with van der Waals surface area (Å²) < 4.78 is 0. The smallest absolute Gasteiger partial charge is 0.140 e. The number of carbonyl (C=O) groups excluding carboxylic acids is 1. The second-order valence-electron chi connectivity index (χ2n) is 4.43. The monoisotopic (exact) mass is 222 g/mol. The molecule has 1 aromatic rings. The molecule has 1 aromatic carbocycles. The highest BCUT2D eigenvalue weighted by Gasteiger charge is 2.28. The van der Waals surface area contributed by atoms with E-state index >= 15 is 0 Å². The van der Waals surface area contributed by atoms with E-state index in [4.69, 9.17) is 11.6 Å². The Morgan fingerprint density at radius 3 is 2.67 bits per heavy atom. The van der Waals surface area contributed by atoms with Crippen LogP contribution < -0.4 is 0 Å². The van der Waals surface area contributed by atoms with Crippen LogP contribution in [0.1, 0.15) is 37.7 Å². The fourth-order valence-corrected chi connectivity index (χ4v) is 2.55. The summed E-state index contributed by atoms with van der Waals surface area (Å²) in [7, 11) is 0. The highest BCUT2D eigenvalue weighted by atomic mass is 35.5. The average molecular weight is 223 g/mol.